The summed E-state index contributed by atoms with van der Waals surface area (Å²) >= 11 is 5.08. The molecule has 2 N–H and O–H groups in total. The summed E-state index contributed by atoms with van der Waals surface area (Å²) in [5.74, 6) is -1.10. The summed E-state index contributed by atoms with van der Waals surface area (Å²) in [6.45, 7) is 9.16. The summed E-state index contributed by atoms with van der Waals surface area (Å²) in [4.78, 5) is 37.7. The van der Waals surface area contributed by atoms with E-state index in [1.807, 2.05) is 48.7 Å². The highest BCUT2D eigenvalue weighted by molar-refractivity contribution is 7.80. The van der Waals surface area contributed by atoms with Crippen molar-refractivity contribution in [1.29, 1.82) is 0 Å². The van der Waals surface area contributed by atoms with E-state index in [9.17, 15) is 14.4 Å². The van der Waals surface area contributed by atoms with E-state index in [1.165, 1.54) is 11.8 Å². The molecular weight excluding hydrogens is 400 g/mol. The molecule has 0 atom stereocenters. The Labute approximate surface area is 180 Å². The lowest BCUT2D eigenvalue weighted by Crippen LogP contribution is -2.53. The monoisotopic (exact) mass is 422 g/mol. The van der Waals surface area contributed by atoms with Crippen molar-refractivity contribution in [3.8, 4) is 5.69 Å². The molecule has 8 heteroatoms. The number of rotatable bonds is 5. The maximum absolute atomic E-state index is 12.8. The third-order valence-electron chi connectivity index (χ3n) is 4.71. The lowest BCUT2D eigenvalue weighted by Gasteiger charge is -2.27. The first-order valence-electron chi connectivity index (χ1n) is 9.29. The summed E-state index contributed by atoms with van der Waals surface area (Å²) < 4.78 is 2.02. The number of amides is 3. The molecule has 3 rings (SSSR count). The normalized spacial score (nSPS) is 15.4. The van der Waals surface area contributed by atoms with Crippen LogP contribution in [0, 0.1) is 13.8 Å². The second-order valence-corrected chi connectivity index (χ2v) is 7.30. The Kier molecular flexibility index (Phi) is 5.98. The standard InChI is InChI=1S/C22H22N4O3S/c1-5-10-25-21(29)19(20(28)24-22(25)30)12-16-11-13(2)26(14(16)3)18-8-6-17(7-9-18)23-15(4)27/h5-9,11-12H,1,10H2,2-4H3,(H,23,27)(H,24,28,30)/b19-12+. The summed E-state index contributed by atoms with van der Waals surface area (Å²) in [5, 5.41) is 5.36. The highest BCUT2D eigenvalue weighted by Gasteiger charge is 2.32. The molecule has 154 valence electrons. The van der Waals surface area contributed by atoms with E-state index in [0.717, 1.165) is 22.6 Å². The van der Waals surface area contributed by atoms with Crippen LogP contribution in [0.3, 0.4) is 0 Å². The predicted molar refractivity (Wildman–Crippen MR) is 120 cm³/mol. The second-order valence-electron chi connectivity index (χ2n) is 6.91. The van der Waals surface area contributed by atoms with E-state index in [2.05, 4.69) is 17.2 Å². The van der Waals surface area contributed by atoms with E-state index in [-0.39, 0.29) is 23.1 Å². The second kappa shape index (κ2) is 8.46. The number of carbonyl (C=O) groups excluding carboxylic acids is 3. The van der Waals surface area contributed by atoms with Gasteiger partial charge in [-0.15, -0.1) is 6.58 Å². The van der Waals surface area contributed by atoms with Gasteiger partial charge in [0.25, 0.3) is 11.8 Å². The average Bonchev–Trinajstić information content (AvgIpc) is 2.96. The van der Waals surface area contributed by atoms with Gasteiger partial charge in [0.1, 0.15) is 5.57 Å². The molecule has 2 aromatic rings. The molecule has 3 amide bonds. The quantitative estimate of drug-likeness (QED) is 0.336. The van der Waals surface area contributed by atoms with Crippen LogP contribution in [-0.4, -0.2) is 38.8 Å². The molecular formula is C22H22N4O3S. The largest absolute Gasteiger partial charge is 0.326 e. The maximum atomic E-state index is 12.8. The number of nitrogens with one attached hydrogen (secondary N) is 2. The Morgan fingerprint density at radius 2 is 1.90 bits per heavy atom. The highest BCUT2D eigenvalue weighted by atomic mass is 32.1. The lowest BCUT2D eigenvalue weighted by molar-refractivity contribution is -0.128. The zero-order valence-electron chi connectivity index (χ0n) is 17.0. The first-order chi connectivity index (χ1) is 14.2. The fourth-order valence-corrected chi connectivity index (χ4v) is 3.62. The number of nitrogens with zero attached hydrogens (tertiary/aromatic N) is 2. The van der Waals surface area contributed by atoms with Crippen LogP contribution in [0.4, 0.5) is 5.69 Å². The first-order valence-corrected chi connectivity index (χ1v) is 9.70. The van der Waals surface area contributed by atoms with Crippen molar-refractivity contribution in [3.05, 3.63) is 65.5 Å². The number of aromatic nitrogens is 1. The smallest absolute Gasteiger partial charge is 0.265 e. The molecule has 7 nitrogen and oxygen atoms in total. The van der Waals surface area contributed by atoms with Crippen LogP contribution in [0.25, 0.3) is 11.8 Å². The van der Waals surface area contributed by atoms with Crippen LogP contribution in [-0.2, 0) is 14.4 Å². The van der Waals surface area contributed by atoms with Gasteiger partial charge in [-0.1, -0.05) is 6.08 Å². The number of hydrogen-bond acceptors (Lipinski definition) is 4. The lowest BCUT2D eigenvalue weighted by atomic mass is 10.1. The molecule has 1 fully saturated rings. The molecule has 2 heterocycles. The number of thiocarbonyl (C=S) groups is 1. The molecule has 0 saturated carbocycles. The first kappa shape index (κ1) is 21.2. The minimum atomic E-state index is -0.519. The Hall–Kier alpha value is -3.52. The number of carbonyl (C=O) groups is 3. The van der Waals surface area contributed by atoms with Gasteiger partial charge in [0, 0.05) is 36.2 Å². The zero-order valence-corrected chi connectivity index (χ0v) is 17.8. The number of benzene rings is 1. The summed E-state index contributed by atoms with van der Waals surface area (Å²) in [7, 11) is 0. The molecule has 0 aliphatic carbocycles. The Morgan fingerprint density at radius 1 is 1.23 bits per heavy atom. The van der Waals surface area contributed by atoms with Crippen LogP contribution in [0.15, 0.2) is 48.6 Å². The Morgan fingerprint density at radius 3 is 2.50 bits per heavy atom. The molecule has 0 unspecified atom stereocenters. The van der Waals surface area contributed by atoms with Gasteiger partial charge in [-0.25, -0.2) is 0 Å². The minimum Gasteiger partial charge on any atom is -0.326 e. The third-order valence-corrected chi connectivity index (χ3v) is 5.04. The SMILES string of the molecule is C=CCN1C(=O)/C(=C/c2cc(C)n(-c3ccc(NC(C)=O)cc3)c2C)C(=O)NC1=S. The fraction of sp³-hybridized carbons (Fsp3) is 0.182. The van der Waals surface area contributed by atoms with Gasteiger partial charge in [-0.05, 0) is 68.0 Å². The Bertz CT molecular complexity index is 1100. The Balaban J connectivity index is 1.98. The summed E-state index contributed by atoms with van der Waals surface area (Å²) in [5.41, 5.74) is 4.19. The predicted octanol–water partition coefficient (Wildman–Crippen LogP) is 2.87. The van der Waals surface area contributed by atoms with E-state index in [0.29, 0.717) is 5.69 Å². The van der Waals surface area contributed by atoms with Crippen molar-refractivity contribution in [2.45, 2.75) is 20.8 Å². The van der Waals surface area contributed by atoms with Crippen LogP contribution in [0.1, 0.15) is 23.9 Å². The van der Waals surface area contributed by atoms with Gasteiger partial charge in [0.2, 0.25) is 5.91 Å². The van der Waals surface area contributed by atoms with Crippen LogP contribution >= 0.6 is 12.2 Å². The number of hydrogen-bond donors (Lipinski definition) is 2. The number of aryl methyl sites for hydroxylation is 1. The molecule has 0 spiro atoms. The molecule has 1 saturated heterocycles. The van der Waals surface area contributed by atoms with E-state index < -0.39 is 11.8 Å². The molecule has 0 bridgehead atoms. The maximum Gasteiger partial charge on any atom is 0.265 e. The van der Waals surface area contributed by atoms with Crippen LogP contribution in [0.2, 0.25) is 0 Å². The minimum absolute atomic E-state index is 0.0201. The van der Waals surface area contributed by atoms with Crippen LogP contribution in [0.5, 0.6) is 0 Å². The van der Waals surface area contributed by atoms with Crippen molar-refractivity contribution < 1.29 is 14.4 Å². The van der Waals surface area contributed by atoms with Crippen molar-refractivity contribution in [1.82, 2.24) is 14.8 Å². The van der Waals surface area contributed by atoms with Gasteiger partial charge >= 0.3 is 0 Å². The van der Waals surface area contributed by atoms with Gasteiger partial charge in [-0.3, -0.25) is 24.6 Å². The van der Waals surface area contributed by atoms with E-state index in [4.69, 9.17) is 12.2 Å². The molecule has 0 radical (unpaired) electrons. The molecule has 1 aromatic carbocycles. The van der Waals surface area contributed by atoms with E-state index in [1.54, 1.807) is 12.2 Å². The van der Waals surface area contributed by atoms with Gasteiger partial charge in [0.15, 0.2) is 5.11 Å². The average molecular weight is 423 g/mol. The molecule has 30 heavy (non-hydrogen) atoms. The highest BCUT2D eigenvalue weighted by Crippen LogP contribution is 2.25. The zero-order chi connectivity index (χ0) is 22.0. The van der Waals surface area contributed by atoms with Crippen LogP contribution < -0.4 is 10.6 Å². The molecule has 1 aliphatic heterocycles. The van der Waals surface area contributed by atoms with Crippen molar-refractivity contribution >= 4 is 46.8 Å². The van der Waals surface area contributed by atoms with Gasteiger partial charge < -0.3 is 9.88 Å². The topological polar surface area (TPSA) is 83.4 Å². The van der Waals surface area contributed by atoms with Gasteiger partial charge in [-0.2, -0.15) is 0 Å². The molecule has 1 aliphatic rings. The van der Waals surface area contributed by atoms with E-state index >= 15 is 0 Å². The van der Waals surface area contributed by atoms with Crippen molar-refractivity contribution in [2.75, 3.05) is 11.9 Å². The number of anilines is 1. The molecule has 1 aromatic heterocycles. The van der Waals surface area contributed by atoms with Crippen molar-refractivity contribution in [3.63, 3.8) is 0 Å². The fourth-order valence-electron chi connectivity index (χ4n) is 3.37. The summed E-state index contributed by atoms with van der Waals surface area (Å²) in [6.07, 6.45) is 3.13. The van der Waals surface area contributed by atoms with Crippen molar-refractivity contribution in [2.24, 2.45) is 0 Å². The van der Waals surface area contributed by atoms with Gasteiger partial charge in [0.05, 0.1) is 0 Å². The summed E-state index contributed by atoms with van der Waals surface area (Å²) in [6, 6.07) is 9.34. The third kappa shape index (κ3) is 4.08.